The second kappa shape index (κ2) is 4.42. The molecule has 4 heteroatoms. The van der Waals surface area contributed by atoms with Crippen molar-refractivity contribution < 1.29 is 5.11 Å². The summed E-state index contributed by atoms with van der Waals surface area (Å²) in [5.74, 6) is 0. The van der Waals surface area contributed by atoms with E-state index in [0.717, 1.165) is 10.2 Å². The first-order valence-electron chi connectivity index (χ1n) is 3.67. The molecule has 0 saturated carbocycles. The number of pyridine rings is 1. The molecule has 1 aromatic heterocycles. The molecule has 0 amide bonds. The number of aliphatic hydroxyl groups excluding tert-OH is 1. The molecule has 3 nitrogen and oxygen atoms in total. The van der Waals surface area contributed by atoms with E-state index in [4.69, 9.17) is 5.11 Å². The lowest BCUT2D eigenvalue weighted by Gasteiger charge is -2.18. The van der Waals surface area contributed by atoms with Crippen molar-refractivity contribution in [2.75, 3.05) is 25.1 Å². The first-order valence-corrected chi connectivity index (χ1v) is 4.46. The maximum atomic E-state index is 8.72. The van der Waals surface area contributed by atoms with E-state index >= 15 is 0 Å². The number of aliphatic hydroxyl groups is 1. The van der Waals surface area contributed by atoms with Crippen LogP contribution in [0.25, 0.3) is 0 Å². The average molecular weight is 231 g/mol. The Bertz CT molecular complexity index is 255. The monoisotopic (exact) mass is 230 g/mol. The summed E-state index contributed by atoms with van der Waals surface area (Å²) in [7, 11) is 1.93. The number of hydrogen-bond acceptors (Lipinski definition) is 3. The molecule has 0 unspecified atom stereocenters. The van der Waals surface area contributed by atoms with Gasteiger partial charge in [0.25, 0.3) is 0 Å². The highest BCUT2D eigenvalue weighted by Crippen LogP contribution is 2.22. The van der Waals surface area contributed by atoms with Crippen molar-refractivity contribution in [2.45, 2.75) is 0 Å². The van der Waals surface area contributed by atoms with Crippen molar-refractivity contribution in [3.8, 4) is 0 Å². The summed E-state index contributed by atoms with van der Waals surface area (Å²) in [6.07, 6.45) is 3.47. The summed E-state index contributed by atoms with van der Waals surface area (Å²) in [4.78, 5) is 5.92. The van der Waals surface area contributed by atoms with Crippen molar-refractivity contribution in [1.29, 1.82) is 0 Å². The van der Waals surface area contributed by atoms with Crippen LogP contribution in [0, 0.1) is 0 Å². The van der Waals surface area contributed by atoms with E-state index in [2.05, 4.69) is 20.9 Å². The van der Waals surface area contributed by atoms with Gasteiger partial charge in [-0.1, -0.05) is 0 Å². The van der Waals surface area contributed by atoms with E-state index < -0.39 is 0 Å². The Hall–Kier alpha value is -0.610. The van der Waals surface area contributed by atoms with E-state index in [-0.39, 0.29) is 6.61 Å². The predicted octanol–water partition coefficient (Wildman–Crippen LogP) is 1.27. The van der Waals surface area contributed by atoms with Gasteiger partial charge in [-0.25, -0.2) is 0 Å². The molecule has 0 radical (unpaired) electrons. The molecule has 1 heterocycles. The van der Waals surface area contributed by atoms with Crippen LogP contribution in [0.5, 0.6) is 0 Å². The maximum Gasteiger partial charge on any atom is 0.0606 e. The third-order valence-electron chi connectivity index (χ3n) is 1.60. The van der Waals surface area contributed by atoms with Gasteiger partial charge in [0.1, 0.15) is 0 Å². The number of nitrogens with zero attached hydrogens (tertiary/aromatic N) is 2. The zero-order chi connectivity index (χ0) is 8.97. The van der Waals surface area contributed by atoms with Gasteiger partial charge >= 0.3 is 0 Å². The minimum atomic E-state index is 0.158. The average Bonchev–Trinajstić information content (AvgIpc) is 2.05. The summed E-state index contributed by atoms with van der Waals surface area (Å²) in [6.45, 7) is 0.786. The molecule has 12 heavy (non-hydrogen) atoms. The molecular weight excluding hydrogens is 220 g/mol. The van der Waals surface area contributed by atoms with Crippen LogP contribution >= 0.6 is 15.9 Å². The number of rotatable bonds is 3. The number of likely N-dealkylation sites (N-methyl/N-ethyl adjacent to an activating group) is 1. The third kappa shape index (κ3) is 2.19. The smallest absolute Gasteiger partial charge is 0.0606 e. The molecule has 0 aliphatic carbocycles. The topological polar surface area (TPSA) is 36.4 Å². The van der Waals surface area contributed by atoms with Crippen LogP contribution in [0.15, 0.2) is 22.9 Å². The SMILES string of the molecule is CN(CCO)c1ccncc1Br. The minimum Gasteiger partial charge on any atom is -0.395 e. The Kier molecular flexibility index (Phi) is 3.49. The third-order valence-corrected chi connectivity index (χ3v) is 2.21. The molecule has 0 fully saturated rings. The lowest BCUT2D eigenvalue weighted by molar-refractivity contribution is 0.304. The standard InChI is InChI=1S/C8H11BrN2O/c1-11(4-5-12)8-2-3-10-6-7(8)9/h2-3,6,12H,4-5H2,1H3. The minimum absolute atomic E-state index is 0.158. The summed E-state index contributed by atoms with van der Waals surface area (Å²) >= 11 is 3.38. The van der Waals surface area contributed by atoms with Gasteiger partial charge in [-0.05, 0) is 22.0 Å². The summed E-state index contributed by atoms with van der Waals surface area (Å²) in [6, 6.07) is 1.90. The number of halogens is 1. The van der Waals surface area contributed by atoms with Gasteiger partial charge in [-0.15, -0.1) is 0 Å². The van der Waals surface area contributed by atoms with Gasteiger partial charge in [-0.2, -0.15) is 0 Å². The second-order valence-electron chi connectivity index (χ2n) is 2.47. The fourth-order valence-corrected chi connectivity index (χ4v) is 1.50. The Labute approximate surface area is 80.2 Å². The molecule has 0 aliphatic heterocycles. The molecule has 0 spiro atoms. The first-order chi connectivity index (χ1) is 5.75. The van der Waals surface area contributed by atoms with E-state index in [9.17, 15) is 0 Å². The Balaban J connectivity index is 2.79. The molecule has 0 atom stereocenters. The lowest BCUT2D eigenvalue weighted by atomic mass is 10.4. The van der Waals surface area contributed by atoms with E-state index in [1.165, 1.54) is 0 Å². The fraction of sp³-hybridized carbons (Fsp3) is 0.375. The lowest BCUT2D eigenvalue weighted by Crippen LogP contribution is -2.21. The molecule has 1 rings (SSSR count). The fourth-order valence-electron chi connectivity index (χ4n) is 0.948. The van der Waals surface area contributed by atoms with Gasteiger partial charge < -0.3 is 10.0 Å². The molecule has 0 saturated heterocycles. The van der Waals surface area contributed by atoms with Crippen LogP contribution in [-0.4, -0.2) is 30.3 Å². The highest BCUT2D eigenvalue weighted by molar-refractivity contribution is 9.10. The van der Waals surface area contributed by atoms with Crippen LogP contribution in [0.3, 0.4) is 0 Å². The highest BCUT2D eigenvalue weighted by Gasteiger charge is 2.03. The quantitative estimate of drug-likeness (QED) is 0.851. The summed E-state index contributed by atoms with van der Waals surface area (Å²) in [5, 5.41) is 8.72. The summed E-state index contributed by atoms with van der Waals surface area (Å²) < 4.78 is 0.945. The Morgan fingerprint density at radius 3 is 3.00 bits per heavy atom. The van der Waals surface area contributed by atoms with Crippen LogP contribution in [0.1, 0.15) is 0 Å². The Morgan fingerprint density at radius 1 is 1.67 bits per heavy atom. The molecule has 0 bridgehead atoms. The number of hydrogen-bond donors (Lipinski definition) is 1. The van der Waals surface area contributed by atoms with Crippen LogP contribution < -0.4 is 4.90 Å². The number of anilines is 1. The van der Waals surface area contributed by atoms with E-state index in [0.29, 0.717) is 6.54 Å². The van der Waals surface area contributed by atoms with Crippen molar-refractivity contribution in [2.24, 2.45) is 0 Å². The van der Waals surface area contributed by atoms with Crippen LogP contribution in [-0.2, 0) is 0 Å². The van der Waals surface area contributed by atoms with Gasteiger partial charge in [0.05, 0.1) is 16.8 Å². The summed E-state index contributed by atoms with van der Waals surface area (Å²) in [5.41, 5.74) is 1.04. The molecule has 66 valence electrons. The van der Waals surface area contributed by atoms with Gasteiger partial charge in [-0.3, -0.25) is 4.98 Å². The zero-order valence-electron chi connectivity index (χ0n) is 6.87. The first kappa shape index (κ1) is 9.48. The molecule has 1 aromatic rings. The van der Waals surface area contributed by atoms with Gasteiger partial charge in [0.15, 0.2) is 0 Å². The zero-order valence-corrected chi connectivity index (χ0v) is 8.45. The Morgan fingerprint density at radius 2 is 2.42 bits per heavy atom. The normalized spacial score (nSPS) is 9.92. The highest BCUT2D eigenvalue weighted by atomic mass is 79.9. The largest absolute Gasteiger partial charge is 0.395 e. The molecule has 0 aliphatic rings. The van der Waals surface area contributed by atoms with Crippen molar-refractivity contribution in [3.63, 3.8) is 0 Å². The predicted molar refractivity (Wildman–Crippen MR) is 52.3 cm³/mol. The maximum absolute atomic E-state index is 8.72. The van der Waals surface area contributed by atoms with Crippen molar-refractivity contribution in [3.05, 3.63) is 22.9 Å². The number of aromatic nitrogens is 1. The molecule has 0 aromatic carbocycles. The van der Waals surface area contributed by atoms with E-state index in [1.807, 2.05) is 18.0 Å². The van der Waals surface area contributed by atoms with Crippen LogP contribution in [0.4, 0.5) is 5.69 Å². The van der Waals surface area contributed by atoms with Crippen molar-refractivity contribution >= 4 is 21.6 Å². The van der Waals surface area contributed by atoms with E-state index in [1.54, 1.807) is 12.4 Å². The molecular formula is C8H11BrN2O. The van der Waals surface area contributed by atoms with Crippen LogP contribution in [0.2, 0.25) is 0 Å². The van der Waals surface area contributed by atoms with Gasteiger partial charge in [0.2, 0.25) is 0 Å². The molecule has 1 N–H and O–H groups in total. The van der Waals surface area contributed by atoms with Gasteiger partial charge in [0, 0.05) is 26.0 Å². The van der Waals surface area contributed by atoms with Crippen molar-refractivity contribution in [1.82, 2.24) is 4.98 Å². The second-order valence-corrected chi connectivity index (χ2v) is 3.33.